The van der Waals surface area contributed by atoms with Crippen molar-refractivity contribution in [3.8, 4) is 0 Å². The van der Waals surface area contributed by atoms with Crippen molar-refractivity contribution in [3.63, 3.8) is 0 Å². The Morgan fingerprint density at radius 1 is 0.294 bits per heavy atom. The Hall–Kier alpha value is -1.59. The molecule has 0 N–H and O–H groups in total. The number of hydrogen-bond donors (Lipinski definition) is 0. The lowest BCUT2D eigenvalue weighted by Gasteiger charge is -2.18. The monoisotopic (exact) mass is 961 g/mol. The van der Waals surface area contributed by atoms with E-state index >= 15 is 0 Å². The predicted octanol–water partition coefficient (Wildman–Crippen LogP) is 20.3. The third-order valence-electron chi connectivity index (χ3n) is 14.5. The summed E-state index contributed by atoms with van der Waals surface area (Å²) < 4.78 is 16.9. The molecule has 0 fully saturated rings. The summed E-state index contributed by atoms with van der Waals surface area (Å²) in [5.41, 5.74) is 0. The van der Waals surface area contributed by atoms with Gasteiger partial charge in [0.15, 0.2) is 6.10 Å². The van der Waals surface area contributed by atoms with Gasteiger partial charge in [-0.1, -0.05) is 305 Å². The lowest BCUT2D eigenvalue weighted by Crippen LogP contribution is -2.30. The van der Waals surface area contributed by atoms with Crippen molar-refractivity contribution < 1.29 is 28.6 Å². The van der Waals surface area contributed by atoms with Crippen LogP contribution in [0.3, 0.4) is 0 Å². The van der Waals surface area contributed by atoms with Crippen LogP contribution in [0.25, 0.3) is 0 Å². The number of unbranched alkanes of at least 4 members (excludes halogenated alkanes) is 37. The van der Waals surface area contributed by atoms with E-state index in [1.807, 2.05) is 0 Å². The molecule has 2 atom stereocenters. The van der Waals surface area contributed by atoms with Gasteiger partial charge in [-0.2, -0.15) is 0 Å². The average molecular weight is 962 g/mol. The second kappa shape index (κ2) is 53.2. The molecular weight excluding hydrogens is 841 g/mol. The van der Waals surface area contributed by atoms with Crippen molar-refractivity contribution in [3.05, 3.63) is 0 Å². The Morgan fingerprint density at radius 3 is 0.765 bits per heavy atom. The van der Waals surface area contributed by atoms with Crippen LogP contribution < -0.4 is 0 Å². The van der Waals surface area contributed by atoms with Crippen molar-refractivity contribution in [2.45, 2.75) is 349 Å². The number of carbonyl (C=O) groups is 3. The summed E-state index contributed by atoms with van der Waals surface area (Å²) in [5, 5.41) is 0. The molecule has 404 valence electrons. The fourth-order valence-corrected chi connectivity index (χ4v) is 9.50. The molecule has 0 radical (unpaired) electrons. The van der Waals surface area contributed by atoms with Gasteiger partial charge < -0.3 is 14.2 Å². The first-order chi connectivity index (χ1) is 33.1. The zero-order valence-corrected chi connectivity index (χ0v) is 46.9. The Labute approximate surface area is 425 Å². The molecule has 0 aliphatic carbocycles. The van der Waals surface area contributed by atoms with E-state index in [1.165, 1.54) is 225 Å². The maximum absolute atomic E-state index is 12.9. The average Bonchev–Trinajstić information content (AvgIpc) is 3.31. The first-order valence-corrected chi connectivity index (χ1v) is 30.6. The van der Waals surface area contributed by atoms with Crippen molar-refractivity contribution >= 4 is 17.9 Å². The van der Waals surface area contributed by atoms with Gasteiger partial charge in [-0.3, -0.25) is 14.4 Å². The van der Waals surface area contributed by atoms with E-state index in [1.54, 1.807) is 0 Å². The molecule has 0 spiro atoms. The number of rotatable bonds is 55. The van der Waals surface area contributed by atoms with Crippen molar-refractivity contribution in [2.75, 3.05) is 13.2 Å². The van der Waals surface area contributed by atoms with E-state index in [0.29, 0.717) is 19.3 Å². The smallest absolute Gasteiger partial charge is 0.306 e. The molecule has 0 aromatic rings. The Morgan fingerprint density at radius 2 is 0.515 bits per heavy atom. The summed E-state index contributed by atoms with van der Waals surface area (Å²) in [6.07, 6.45) is 56.6. The van der Waals surface area contributed by atoms with Gasteiger partial charge >= 0.3 is 17.9 Å². The molecule has 0 aliphatic heterocycles. The topological polar surface area (TPSA) is 78.9 Å². The van der Waals surface area contributed by atoms with E-state index < -0.39 is 6.10 Å². The van der Waals surface area contributed by atoms with E-state index in [0.717, 1.165) is 75.5 Å². The molecule has 0 aromatic heterocycles. The predicted molar refractivity (Wildman–Crippen MR) is 293 cm³/mol. The fourth-order valence-electron chi connectivity index (χ4n) is 9.50. The van der Waals surface area contributed by atoms with Crippen LogP contribution in [0.4, 0.5) is 0 Å². The minimum atomic E-state index is -0.764. The summed E-state index contributed by atoms with van der Waals surface area (Å²) in [5.74, 6) is 1.73. The van der Waals surface area contributed by atoms with E-state index in [-0.39, 0.29) is 31.1 Å². The highest BCUT2D eigenvalue weighted by atomic mass is 16.6. The van der Waals surface area contributed by atoms with Crippen LogP contribution in [0.15, 0.2) is 0 Å². The van der Waals surface area contributed by atoms with Gasteiger partial charge in [0.05, 0.1) is 0 Å². The SMILES string of the molecule is CCC(C)CCCCCCCCCCCCCCCCC(=O)O[C@H](COC(=O)CCCCCCCCCCCCCCCCCC(C)C)COC(=O)CCCCCCCCCCCCCC(C)C. The molecule has 0 rings (SSSR count). The van der Waals surface area contributed by atoms with Crippen LogP contribution in [0, 0.1) is 17.8 Å². The summed E-state index contributed by atoms with van der Waals surface area (Å²) in [6, 6.07) is 0. The van der Waals surface area contributed by atoms with Gasteiger partial charge in [0.1, 0.15) is 13.2 Å². The highest BCUT2D eigenvalue weighted by Gasteiger charge is 2.19. The maximum Gasteiger partial charge on any atom is 0.306 e. The zero-order valence-electron chi connectivity index (χ0n) is 46.9. The van der Waals surface area contributed by atoms with E-state index in [4.69, 9.17) is 14.2 Å². The van der Waals surface area contributed by atoms with Crippen LogP contribution in [0.1, 0.15) is 343 Å². The zero-order chi connectivity index (χ0) is 49.8. The largest absolute Gasteiger partial charge is 0.462 e. The van der Waals surface area contributed by atoms with Crippen LogP contribution in [0.2, 0.25) is 0 Å². The first kappa shape index (κ1) is 66.4. The maximum atomic E-state index is 12.9. The van der Waals surface area contributed by atoms with E-state index in [9.17, 15) is 14.4 Å². The van der Waals surface area contributed by atoms with Crippen molar-refractivity contribution in [2.24, 2.45) is 17.8 Å². The van der Waals surface area contributed by atoms with Gasteiger partial charge in [0.2, 0.25) is 0 Å². The number of hydrogen-bond acceptors (Lipinski definition) is 6. The third-order valence-corrected chi connectivity index (χ3v) is 14.5. The molecule has 0 aromatic carbocycles. The molecule has 0 bridgehead atoms. The molecule has 0 heterocycles. The first-order valence-electron chi connectivity index (χ1n) is 30.6. The second-order valence-electron chi connectivity index (χ2n) is 22.5. The molecule has 0 saturated carbocycles. The molecule has 0 aliphatic rings. The van der Waals surface area contributed by atoms with Gasteiger partial charge in [-0.15, -0.1) is 0 Å². The molecule has 6 heteroatoms. The van der Waals surface area contributed by atoms with Crippen LogP contribution in [-0.2, 0) is 28.6 Å². The molecule has 0 amide bonds. The standard InChI is InChI=1S/C62H120O6/c1-7-58(6)50-44-38-32-26-20-14-11-12-16-22-29-35-41-47-53-62(65)68-59(55-67-61(64)52-46-40-34-28-23-17-19-25-31-37-43-49-57(4)5)54-66-60(63)51-45-39-33-27-21-15-10-8-9-13-18-24-30-36-42-48-56(2)3/h56-59H,7-55H2,1-6H3/t58?,59-/m1/s1. The third kappa shape index (κ3) is 53.8. The van der Waals surface area contributed by atoms with Crippen molar-refractivity contribution in [1.29, 1.82) is 0 Å². The van der Waals surface area contributed by atoms with Crippen LogP contribution >= 0.6 is 0 Å². The highest BCUT2D eigenvalue weighted by Crippen LogP contribution is 2.19. The minimum absolute atomic E-state index is 0.0630. The number of carbonyl (C=O) groups excluding carboxylic acids is 3. The van der Waals surface area contributed by atoms with Gasteiger partial charge in [-0.05, 0) is 37.0 Å². The van der Waals surface area contributed by atoms with Crippen molar-refractivity contribution in [1.82, 2.24) is 0 Å². The molecular formula is C62H120O6. The van der Waals surface area contributed by atoms with Gasteiger partial charge in [0, 0.05) is 19.3 Å². The number of ether oxygens (including phenoxy) is 3. The Kier molecular flexibility index (Phi) is 52.0. The Balaban J connectivity index is 4.30. The lowest BCUT2D eigenvalue weighted by molar-refractivity contribution is -0.167. The van der Waals surface area contributed by atoms with Crippen LogP contribution in [0.5, 0.6) is 0 Å². The summed E-state index contributed by atoms with van der Waals surface area (Å²) in [4.78, 5) is 38.2. The fraction of sp³-hybridized carbons (Fsp3) is 0.952. The van der Waals surface area contributed by atoms with E-state index in [2.05, 4.69) is 41.5 Å². The molecule has 6 nitrogen and oxygen atoms in total. The molecule has 68 heavy (non-hydrogen) atoms. The Bertz CT molecular complexity index is 1060. The molecule has 1 unspecified atom stereocenters. The molecule has 0 saturated heterocycles. The quantitative estimate of drug-likeness (QED) is 0.0343. The van der Waals surface area contributed by atoms with Gasteiger partial charge in [-0.25, -0.2) is 0 Å². The van der Waals surface area contributed by atoms with Gasteiger partial charge in [0.25, 0.3) is 0 Å². The normalized spacial score (nSPS) is 12.5. The summed E-state index contributed by atoms with van der Waals surface area (Å²) in [7, 11) is 0. The minimum Gasteiger partial charge on any atom is -0.462 e. The lowest BCUT2D eigenvalue weighted by atomic mass is 9.99. The van der Waals surface area contributed by atoms with Crippen LogP contribution in [-0.4, -0.2) is 37.2 Å². The summed E-state index contributed by atoms with van der Waals surface area (Å²) >= 11 is 0. The number of esters is 3. The summed E-state index contributed by atoms with van der Waals surface area (Å²) in [6.45, 7) is 13.8. The second-order valence-corrected chi connectivity index (χ2v) is 22.5. The highest BCUT2D eigenvalue weighted by molar-refractivity contribution is 5.71.